The molecule has 6 nitrogen and oxygen atoms in total. The fraction of sp³-hybridized carbons (Fsp3) is 0.389. The zero-order valence-electron chi connectivity index (χ0n) is 15.0. The predicted molar refractivity (Wildman–Crippen MR) is 105 cm³/mol. The van der Waals surface area contributed by atoms with Gasteiger partial charge < -0.3 is 9.64 Å². The van der Waals surface area contributed by atoms with Gasteiger partial charge in [-0.05, 0) is 42.8 Å². The van der Waals surface area contributed by atoms with E-state index in [1.165, 1.54) is 0 Å². The lowest BCUT2D eigenvalue weighted by atomic mass is 10.1. The number of carbonyl (C=O) groups excluding carboxylic acids is 1. The molecule has 0 N–H and O–H groups in total. The molecule has 0 spiro atoms. The highest BCUT2D eigenvalue weighted by molar-refractivity contribution is 9.10. The maximum atomic E-state index is 14.6. The standard InChI is InChI=1S/C18H17BrClFN4O2/c1-18(2,3)27-17(26)24-7-10(8-24)25-16-9(6-23-25)5-22-15-11(16)4-12(20)13(19)14(15)21/h4-6,10H,7-8H2,1-3H3. The van der Waals surface area contributed by atoms with Crippen LogP contribution in [-0.4, -0.2) is 44.4 Å². The van der Waals surface area contributed by atoms with Crippen LogP contribution in [0.2, 0.25) is 5.02 Å². The quantitative estimate of drug-likeness (QED) is 0.488. The van der Waals surface area contributed by atoms with Crippen molar-refractivity contribution in [1.82, 2.24) is 19.7 Å². The summed E-state index contributed by atoms with van der Waals surface area (Å²) in [5.41, 5.74) is 0.440. The molecule has 4 rings (SSSR count). The lowest BCUT2D eigenvalue weighted by Crippen LogP contribution is -2.52. The number of nitrogens with zero attached hydrogens (tertiary/aromatic N) is 4. The molecule has 1 aliphatic heterocycles. The SMILES string of the molecule is CC(C)(C)OC(=O)N1CC(n2ncc3cnc4c(F)c(Br)c(Cl)cc4c32)C1. The molecule has 0 bridgehead atoms. The molecule has 2 aromatic heterocycles. The fourth-order valence-electron chi connectivity index (χ4n) is 3.14. The Morgan fingerprint density at radius 1 is 1.37 bits per heavy atom. The molecule has 0 radical (unpaired) electrons. The van der Waals surface area contributed by atoms with E-state index in [-0.39, 0.29) is 27.1 Å². The monoisotopic (exact) mass is 454 g/mol. The molecule has 142 valence electrons. The summed E-state index contributed by atoms with van der Waals surface area (Å²) in [6.45, 7) is 6.45. The Morgan fingerprint density at radius 3 is 2.74 bits per heavy atom. The molecule has 0 aliphatic carbocycles. The highest BCUT2D eigenvalue weighted by Crippen LogP contribution is 2.36. The van der Waals surface area contributed by atoms with Crippen LogP contribution in [0.4, 0.5) is 9.18 Å². The highest BCUT2D eigenvalue weighted by Gasteiger charge is 2.36. The Labute approximate surface area is 168 Å². The minimum absolute atomic E-state index is 0.0221. The average molecular weight is 456 g/mol. The molecule has 1 fully saturated rings. The van der Waals surface area contributed by atoms with Gasteiger partial charge in [0.25, 0.3) is 0 Å². The van der Waals surface area contributed by atoms with E-state index < -0.39 is 11.4 Å². The van der Waals surface area contributed by atoms with Crippen LogP contribution in [-0.2, 0) is 4.74 Å². The van der Waals surface area contributed by atoms with Crippen molar-refractivity contribution in [1.29, 1.82) is 0 Å². The minimum Gasteiger partial charge on any atom is -0.444 e. The summed E-state index contributed by atoms with van der Waals surface area (Å²) >= 11 is 9.30. The number of ether oxygens (including phenoxy) is 1. The van der Waals surface area contributed by atoms with Gasteiger partial charge in [-0.25, -0.2) is 9.18 Å². The molecule has 27 heavy (non-hydrogen) atoms. The molecule has 3 heterocycles. The molecular formula is C18H17BrClFN4O2. The number of likely N-dealkylation sites (tertiary alicyclic amines) is 1. The van der Waals surface area contributed by atoms with E-state index in [9.17, 15) is 9.18 Å². The minimum atomic E-state index is -0.538. The van der Waals surface area contributed by atoms with Crippen molar-refractivity contribution in [2.24, 2.45) is 0 Å². The third-order valence-corrected chi connectivity index (χ3v) is 5.71. The number of carbonyl (C=O) groups is 1. The van der Waals surface area contributed by atoms with E-state index >= 15 is 0 Å². The van der Waals surface area contributed by atoms with Crippen molar-refractivity contribution >= 4 is 55.4 Å². The first kappa shape index (κ1) is 18.4. The van der Waals surface area contributed by atoms with Crippen molar-refractivity contribution in [2.45, 2.75) is 32.4 Å². The van der Waals surface area contributed by atoms with Gasteiger partial charge >= 0.3 is 6.09 Å². The molecule has 0 saturated carbocycles. The number of rotatable bonds is 1. The van der Waals surface area contributed by atoms with Gasteiger partial charge in [0.15, 0.2) is 5.82 Å². The molecule has 1 amide bonds. The zero-order chi connectivity index (χ0) is 19.5. The summed E-state index contributed by atoms with van der Waals surface area (Å²) < 4.78 is 21.9. The lowest BCUT2D eigenvalue weighted by Gasteiger charge is -2.40. The smallest absolute Gasteiger partial charge is 0.410 e. The van der Waals surface area contributed by atoms with Crippen molar-refractivity contribution < 1.29 is 13.9 Å². The number of hydrogen-bond acceptors (Lipinski definition) is 4. The van der Waals surface area contributed by atoms with Gasteiger partial charge in [0.1, 0.15) is 11.1 Å². The first-order chi connectivity index (χ1) is 12.7. The number of halogens is 3. The van der Waals surface area contributed by atoms with Crippen LogP contribution in [0.3, 0.4) is 0 Å². The number of fused-ring (bicyclic) bond motifs is 3. The molecule has 0 atom stereocenters. The fourth-order valence-corrected chi connectivity index (χ4v) is 3.63. The summed E-state index contributed by atoms with van der Waals surface area (Å²) in [5, 5.41) is 6.08. The van der Waals surface area contributed by atoms with Crippen LogP contribution in [0.15, 0.2) is 22.9 Å². The number of benzene rings is 1. The number of aromatic nitrogens is 3. The van der Waals surface area contributed by atoms with Crippen LogP contribution in [0.25, 0.3) is 21.8 Å². The van der Waals surface area contributed by atoms with Gasteiger partial charge in [-0.3, -0.25) is 9.67 Å². The van der Waals surface area contributed by atoms with Crippen molar-refractivity contribution in [2.75, 3.05) is 13.1 Å². The van der Waals surface area contributed by atoms with Gasteiger partial charge in [-0.15, -0.1) is 0 Å². The average Bonchev–Trinajstić information content (AvgIpc) is 2.94. The maximum absolute atomic E-state index is 14.6. The van der Waals surface area contributed by atoms with E-state index in [1.807, 2.05) is 25.5 Å². The molecule has 9 heteroatoms. The molecule has 1 aromatic carbocycles. The van der Waals surface area contributed by atoms with Crippen LogP contribution in [0.5, 0.6) is 0 Å². The first-order valence-electron chi connectivity index (χ1n) is 8.43. The van der Waals surface area contributed by atoms with Gasteiger partial charge in [0, 0.05) is 30.1 Å². The van der Waals surface area contributed by atoms with Crippen LogP contribution in [0, 0.1) is 5.82 Å². The topological polar surface area (TPSA) is 60.2 Å². The van der Waals surface area contributed by atoms with Crippen LogP contribution < -0.4 is 0 Å². The Balaban J connectivity index is 1.69. The summed E-state index contributed by atoms with van der Waals surface area (Å²) in [6.07, 6.45) is 2.93. The third-order valence-electron chi connectivity index (χ3n) is 4.41. The van der Waals surface area contributed by atoms with Crippen molar-refractivity contribution in [3.63, 3.8) is 0 Å². The highest BCUT2D eigenvalue weighted by atomic mass is 79.9. The van der Waals surface area contributed by atoms with Gasteiger partial charge in [-0.2, -0.15) is 5.10 Å². The Hall–Kier alpha value is -1.93. The largest absolute Gasteiger partial charge is 0.444 e. The Morgan fingerprint density at radius 2 is 2.07 bits per heavy atom. The molecule has 1 saturated heterocycles. The molecule has 1 aliphatic rings. The summed E-state index contributed by atoms with van der Waals surface area (Å²) in [6, 6.07) is 1.66. The summed E-state index contributed by atoms with van der Waals surface area (Å²) in [7, 11) is 0. The van der Waals surface area contributed by atoms with E-state index in [1.54, 1.807) is 23.4 Å². The second kappa shape index (κ2) is 6.31. The Kier molecular flexibility index (Phi) is 4.31. The number of hydrogen-bond donors (Lipinski definition) is 0. The molecule has 3 aromatic rings. The third kappa shape index (κ3) is 3.14. The zero-order valence-corrected chi connectivity index (χ0v) is 17.3. The van der Waals surface area contributed by atoms with Gasteiger partial charge in [0.05, 0.1) is 27.3 Å². The van der Waals surface area contributed by atoms with Crippen molar-refractivity contribution in [3.05, 3.63) is 33.8 Å². The normalized spacial score (nSPS) is 15.4. The number of pyridine rings is 1. The second-order valence-corrected chi connectivity index (χ2v) is 8.77. The van der Waals surface area contributed by atoms with Gasteiger partial charge in [-0.1, -0.05) is 11.6 Å². The van der Waals surface area contributed by atoms with Crippen molar-refractivity contribution in [3.8, 4) is 0 Å². The first-order valence-corrected chi connectivity index (χ1v) is 9.60. The predicted octanol–water partition coefficient (Wildman–Crippen LogP) is 4.93. The lowest BCUT2D eigenvalue weighted by molar-refractivity contribution is 0.000186. The maximum Gasteiger partial charge on any atom is 0.410 e. The van der Waals surface area contributed by atoms with Crippen LogP contribution >= 0.6 is 27.5 Å². The Bertz CT molecular complexity index is 1070. The summed E-state index contributed by atoms with van der Waals surface area (Å²) in [4.78, 5) is 18.0. The van der Waals surface area contributed by atoms with E-state index in [2.05, 4.69) is 26.0 Å². The molecular weight excluding hydrogens is 439 g/mol. The summed E-state index contributed by atoms with van der Waals surface area (Å²) in [5.74, 6) is -0.504. The van der Waals surface area contributed by atoms with E-state index in [4.69, 9.17) is 16.3 Å². The number of amides is 1. The van der Waals surface area contributed by atoms with E-state index in [0.29, 0.717) is 18.5 Å². The van der Waals surface area contributed by atoms with Gasteiger partial charge in [0.2, 0.25) is 0 Å². The van der Waals surface area contributed by atoms with E-state index in [0.717, 1.165) is 10.9 Å². The van der Waals surface area contributed by atoms with Crippen LogP contribution in [0.1, 0.15) is 26.8 Å². The molecule has 0 unspecified atom stereocenters. The second-order valence-electron chi connectivity index (χ2n) is 7.57.